The molecule has 22 heavy (non-hydrogen) atoms. The van der Waals surface area contributed by atoms with E-state index in [4.69, 9.17) is 4.74 Å². The molecule has 2 aromatic heterocycles. The minimum absolute atomic E-state index is 0.0998. The van der Waals surface area contributed by atoms with Gasteiger partial charge in [-0.2, -0.15) is 5.10 Å². The van der Waals surface area contributed by atoms with Crippen LogP contribution in [0, 0.1) is 10.1 Å². The fourth-order valence-electron chi connectivity index (χ4n) is 2.15. The molecule has 0 radical (unpaired) electrons. The Morgan fingerprint density at radius 2 is 2.00 bits per heavy atom. The maximum atomic E-state index is 11.1. The van der Waals surface area contributed by atoms with E-state index in [9.17, 15) is 10.1 Å². The number of nitrogens with zero attached hydrogens (tertiary/aromatic N) is 4. The van der Waals surface area contributed by atoms with E-state index in [0.717, 1.165) is 5.56 Å². The van der Waals surface area contributed by atoms with E-state index in [1.807, 2.05) is 24.3 Å². The highest BCUT2D eigenvalue weighted by atomic mass is 16.6. The number of methoxy groups -OCH3 is 1. The fourth-order valence-corrected chi connectivity index (χ4v) is 2.15. The summed E-state index contributed by atoms with van der Waals surface area (Å²) in [7, 11) is 1.58. The normalized spacial score (nSPS) is 10.4. The Hall–Kier alpha value is -3.22. The number of hydrogen-bond acceptors (Lipinski definition) is 5. The van der Waals surface area contributed by atoms with Gasteiger partial charge in [0, 0.05) is 24.0 Å². The summed E-state index contributed by atoms with van der Waals surface area (Å²) in [5.74, 6) is 0.858. The number of nitro groups is 1. The molecule has 0 aliphatic rings. The van der Waals surface area contributed by atoms with Gasteiger partial charge in [0.1, 0.15) is 5.75 Å². The molecule has 0 aliphatic heterocycles. The van der Waals surface area contributed by atoms with Crippen LogP contribution in [0.2, 0.25) is 0 Å². The van der Waals surface area contributed by atoms with Crippen LogP contribution in [0.1, 0.15) is 0 Å². The molecule has 0 aliphatic carbocycles. The quantitative estimate of drug-likeness (QED) is 0.546. The van der Waals surface area contributed by atoms with E-state index in [1.165, 1.54) is 23.0 Å². The Morgan fingerprint density at radius 1 is 1.18 bits per heavy atom. The highest BCUT2D eigenvalue weighted by Gasteiger charge is 2.17. The highest BCUT2D eigenvalue weighted by Crippen LogP contribution is 2.29. The van der Waals surface area contributed by atoms with E-state index in [1.54, 1.807) is 19.4 Å². The molecule has 1 aromatic carbocycles. The predicted octanol–water partition coefficient (Wildman–Crippen LogP) is 2.85. The van der Waals surface area contributed by atoms with Gasteiger partial charge in [-0.3, -0.25) is 10.1 Å². The van der Waals surface area contributed by atoms with Crippen LogP contribution in [-0.4, -0.2) is 26.8 Å². The zero-order valence-electron chi connectivity index (χ0n) is 11.7. The molecule has 0 amide bonds. The van der Waals surface area contributed by atoms with Crippen molar-refractivity contribution in [3.63, 3.8) is 0 Å². The van der Waals surface area contributed by atoms with E-state index in [-0.39, 0.29) is 11.5 Å². The molecular weight excluding hydrogens is 284 g/mol. The van der Waals surface area contributed by atoms with Gasteiger partial charge in [-0.15, -0.1) is 0 Å². The molecule has 3 rings (SSSR count). The lowest BCUT2D eigenvalue weighted by Crippen LogP contribution is -2.03. The van der Waals surface area contributed by atoms with Crippen molar-refractivity contribution in [3.05, 3.63) is 65.0 Å². The van der Waals surface area contributed by atoms with Gasteiger partial charge < -0.3 is 4.74 Å². The van der Waals surface area contributed by atoms with Gasteiger partial charge >= 0.3 is 5.69 Å². The van der Waals surface area contributed by atoms with Crippen LogP contribution in [0.3, 0.4) is 0 Å². The molecule has 0 fully saturated rings. The zero-order chi connectivity index (χ0) is 15.5. The standard InChI is InChI=1S/C15H12N4O3/c1-22-14-7-3-2-5-11(14)12-8-10-18(17-12)15-13(19(20)21)6-4-9-16-15/h2-10H,1H3. The molecule has 0 bridgehead atoms. The monoisotopic (exact) mass is 296 g/mol. The molecule has 0 saturated carbocycles. The lowest BCUT2D eigenvalue weighted by atomic mass is 10.1. The summed E-state index contributed by atoms with van der Waals surface area (Å²) >= 11 is 0. The van der Waals surface area contributed by atoms with Crippen molar-refractivity contribution in [2.45, 2.75) is 0 Å². The summed E-state index contributed by atoms with van der Waals surface area (Å²) in [5.41, 5.74) is 1.36. The van der Waals surface area contributed by atoms with Gasteiger partial charge in [0.2, 0.25) is 5.82 Å². The summed E-state index contributed by atoms with van der Waals surface area (Å²) in [6.45, 7) is 0. The molecule has 0 saturated heterocycles. The minimum Gasteiger partial charge on any atom is -0.496 e. The molecule has 0 spiro atoms. The number of hydrogen-bond donors (Lipinski definition) is 0. The van der Waals surface area contributed by atoms with Crippen molar-refractivity contribution in [2.24, 2.45) is 0 Å². The van der Waals surface area contributed by atoms with Crippen molar-refractivity contribution < 1.29 is 9.66 Å². The zero-order valence-corrected chi connectivity index (χ0v) is 11.7. The molecule has 7 nitrogen and oxygen atoms in total. The SMILES string of the molecule is COc1ccccc1-c1ccn(-c2ncccc2[N+](=O)[O-])n1. The van der Waals surface area contributed by atoms with Crippen LogP contribution in [0.5, 0.6) is 5.75 Å². The third-order valence-electron chi connectivity index (χ3n) is 3.15. The number of rotatable bonds is 4. The van der Waals surface area contributed by atoms with Crippen LogP contribution in [0.4, 0.5) is 5.69 Å². The van der Waals surface area contributed by atoms with Crippen molar-refractivity contribution >= 4 is 5.69 Å². The largest absolute Gasteiger partial charge is 0.496 e. The van der Waals surface area contributed by atoms with Crippen molar-refractivity contribution in [2.75, 3.05) is 7.11 Å². The van der Waals surface area contributed by atoms with E-state index >= 15 is 0 Å². The van der Waals surface area contributed by atoms with Gasteiger partial charge in [-0.1, -0.05) is 12.1 Å². The topological polar surface area (TPSA) is 83.1 Å². The first kappa shape index (κ1) is 13.7. The molecule has 7 heteroatoms. The second-order valence-corrected chi connectivity index (χ2v) is 4.45. The number of pyridine rings is 1. The summed E-state index contributed by atoms with van der Waals surface area (Å²) < 4.78 is 6.69. The average Bonchev–Trinajstić information content (AvgIpc) is 3.04. The lowest BCUT2D eigenvalue weighted by Gasteiger charge is -2.05. The minimum atomic E-state index is -0.479. The van der Waals surface area contributed by atoms with Gasteiger partial charge in [0.15, 0.2) is 0 Å². The summed E-state index contributed by atoms with van der Waals surface area (Å²) in [6.07, 6.45) is 3.13. The fraction of sp³-hybridized carbons (Fsp3) is 0.0667. The van der Waals surface area contributed by atoms with Crippen LogP contribution >= 0.6 is 0 Å². The number of para-hydroxylation sites is 1. The van der Waals surface area contributed by atoms with Crippen molar-refractivity contribution in [1.82, 2.24) is 14.8 Å². The second kappa shape index (κ2) is 5.65. The van der Waals surface area contributed by atoms with Gasteiger partial charge in [-0.25, -0.2) is 9.67 Å². The van der Waals surface area contributed by atoms with Crippen molar-refractivity contribution in [1.29, 1.82) is 0 Å². The number of benzene rings is 1. The Kier molecular flexibility index (Phi) is 3.53. The van der Waals surface area contributed by atoms with Crippen LogP contribution in [0.15, 0.2) is 54.9 Å². The summed E-state index contributed by atoms with van der Waals surface area (Å²) in [6, 6.07) is 12.1. The second-order valence-electron chi connectivity index (χ2n) is 4.45. The average molecular weight is 296 g/mol. The van der Waals surface area contributed by atoms with E-state index in [0.29, 0.717) is 11.4 Å². The van der Waals surface area contributed by atoms with Crippen LogP contribution in [-0.2, 0) is 0 Å². The molecule has 3 aromatic rings. The van der Waals surface area contributed by atoms with Crippen LogP contribution < -0.4 is 4.74 Å². The van der Waals surface area contributed by atoms with Gasteiger partial charge in [0.05, 0.1) is 17.7 Å². The summed E-state index contributed by atoms with van der Waals surface area (Å²) in [5, 5.41) is 15.4. The first-order chi connectivity index (χ1) is 10.7. The Morgan fingerprint density at radius 3 is 2.77 bits per heavy atom. The molecule has 0 N–H and O–H groups in total. The Balaban J connectivity index is 2.07. The Labute approximate surface area is 126 Å². The highest BCUT2D eigenvalue weighted by molar-refractivity contribution is 5.67. The molecule has 0 atom stereocenters. The smallest absolute Gasteiger partial charge is 0.313 e. The van der Waals surface area contributed by atoms with E-state index in [2.05, 4.69) is 10.1 Å². The van der Waals surface area contributed by atoms with Gasteiger partial charge in [0.25, 0.3) is 0 Å². The molecular formula is C15H12N4O3. The first-order valence-corrected chi connectivity index (χ1v) is 6.49. The predicted molar refractivity (Wildman–Crippen MR) is 80.0 cm³/mol. The summed E-state index contributed by atoms with van der Waals surface area (Å²) in [4.78, 5) is 14.6. The number of ether oxygens (including phenoxy) is 1. The third kappa shape index (κ3) is 2.39. The lowest BCUT2D eigenvalue weighted by molar-refractivity contribution is -0.384. The van der Waals surface area contributed by atoms with Crippen molar-refractivity contribution in [3.8, 4) is 22.8 Å². The molecule has 110 valence electrons. The Bertz CT molecular complexity index is 829. The molecule has 2 heterocycles. The maximum absolute atomic E-state index is 11.1. The van der Waals surface area contributed by atoms with Crippen LogP contribution in [0.25, 0.3) is 17.1 Å². The molecule has 0 unspecified atom stereocenters. The first-order valence-electron chi connectivity index (χ1n) is 6.49. The van der Waals surface area contributed by atoms with Gasteiger partial charge in [-0.05, 0) is 24.3 Å². The van der Waals surface area contributed by atoms with E-state index < -0.39 is 4.92 Å². The third-order valence-corrected chi connectivity index (χ3v) is 3.15. The number of aromatic nitrogens is 3. The maximum Gasteiger partial charge on any atom is 0.313 e.